The molecule has 33 heavy (non-hydrogen) atoms. The van der Waals surface area contributed by atoms with Crippen molar-refractivity contribution in [3.8, 4) is 0 Å². The Hall–Kier alpha value is -3.01. The molecule has 10 heteroatoms. The molecule has 0 spiro atoms. The van der Waals surface area contributed by atoms with Gasteiger partial charge in [-0.2, -0.15) is 13.2 Å². The van der Waals surface area contributed by atoms with Gasteiger partial charge in [-0.15, -0.1) is 0 Å². The van der Waals surface area contributed by atoms with Crippen molar-refractivity contribution in [3.63, 3.8) is 0 Å². The molecule has 0 radical (unpaired) electrons. The van der Waals surface area contributed by atoms with Crippen LogP contribution in [0.15, 0.2) is 53.7 Å². The summed E-state index contributed by atoms with van der Waals surface area (Å²) in [6.45, 7) is 1.34. The molecule has 0 aliphatic carbocycles. The van der Waals surface area contributed by atoms with Gasteiger partial charge in [0.1, 0.15) is 0 Å². The van der Waals surface area contributed by atoms with E-state index in [1.165, 1.54) is 17.8 Å². The molecular weight excluding hydrogens is 453 g/mol. The number of thioether (sulfide) groups is 1. The van der Waals surface area contributed by atoms with E-state index >= 15 is 0 Å². The van der Waals surface area contributed by atoms with Gasteiger partial charge in [-0.25, -0.2) is 4.98 Å². The summed E-state index contributed by atoms with van der Waals surface area (Å²) in [6.07, 6.45) is -3.38. The number of fused-ring (bicyclic) bond motifs is 1. The number of primary amides is 1. The van der Waals surface area contributed by atoms with Crippen molar-refractivity contribution >= 4 is 34.6 Å². The van der Waals surface area contributed by atoms with E-state index in [1.807, 2.05) is 34.9 Å². The smallest absolute Gasteiger partial charge is 0.369 e. The number of hydrogen-bond donors (Lipinski definition) is 1. The molecule has 1 saturated heterocycles. The molecule has 2 aromatic carbocycles. The Labute approximate surface area is 192 Å². The standard InChI is InChI=1S/C23H23F3N4O2S/c24-23(25,26)17-6-7-19-18(12-17)28-22(30(19)13-15-4-2-1-3-5-15)33-14-20(31)29-10-8-16(9-11-29)21(27)32/h1-7,12,16H,8-11,13-14H2,(H2,27,32). The van der Waals surface area contributed by atoms with Gasteiger partial charge in [-0.1, -0.05) is 42.1 Å². The van der Waals surface area contributed by atoms with Gasteiger partial charge < -0.3 is 15.2 Å². The monoisotopic (exact) mass is 476 g/mol. The molecule has 174 valence electrons. The Morgan fingerprint density at radius 2 is 1.79 bits per heavy atom. The molecule has 2 N–H and O–H groups in total. The van der Waals surface area contributed by atoms with Crippen LogP contribution in [0.25, 0.3) is 11.0 Å². The van der Waals surface area contributed by atoms with Crippen molar-refractivity contribution in [2.45, 2.75) is 30.7 Å². The molecule has 1 aromatic heterocycles. The van der Waals surface area contributed by atoms with Gasteiger partial charge in [-0.3, -0.25) is 9.59 Å². The number of imidazole rings is 1. The molecule has 3 aromatic rings. The van der Waals surface area contributed by atoms with E-state index in [1.54, 1.807) is 4.90 Å². The van der Waals surface area contributed by atoms with Crippen molar-refractivity contribution in [3.05, 3.63) is 59.7 Å². The first-order chi connectivity index (χ1) is 15.7. The minimum absolute atomic E-state index is 0.0998. The highest BCUT2D eigenvalue weighted by molar-refractivity contribution is 7.99. The number of alkyl halides is 3. The molecule has 4 rings (SSSR count). The molecular formula is C23H23F3N4O2S. The summed E-state index contributed by atoms with van der Waals surface area (Å²) in [6, 6.07) is 13.0. The zero-order chi connectivity index (χ0) is 23.6. The highest BCUT2D eigenvalue weighted by Crippen LogP contribution is 2.33. The van der Waals surface area contributed by atoms with Crippen LogP contribution in [0.4, 0.5) is 13.2 Å². The topological polar surface area (TPSA) is 81.2 Å². The van der Waals surface area contributed by atoms with Gasteiger partial charge in [-0.05, 0) is 36.6 Å². The zero-order valence-corrected chi connectivity index (χ0v) is 18.5. The maximum Gasteiger partial charge on any atom is 0.416 e. The second-order valence-corrected chi connectivity index (χ2v) is 8.96. The summed E-state index contributed by atoms with van der Waals surface area (Å²) in [5.41, 5.74) is 6.37. The second-order valence-electron chi connectivity index (χ2n) is 8.01. The fraction of sp³-hybridized carbons (Fsp3) is 0.348. The Bertz CT molecular complexity index is 1160. The van der Waals surface area contributed by atoms with E-state index in [9.17, 15) is 22.8 Å². The van der Waals surface area contributed by atoms with Crippen molar-refractivity contribution in [2.24, 2.45) is 11.7 Å². The van der Waals surface area contributed by atoms with Crippen LogP contribution in [0.1, 0.15) is 24.0 Å². The third kappa shape index (κ3) is 5.32. The maximum absolute atomic E-state index is 13.2. The number of piperidine rings is 1. The van der Waals surface area contributed by atoms with Crippen LogP contribution in [0, 0.1) is 5.92 Å². The maximum atomic E-state index is 13.2. The van der Waals surface area contributed by atoms with Gasteiger partial charge in [0.05, 0.1) is 28.9 Å². The number of carbonyl (C=O) groups is 2. The average Bonchev–Trinajstić information content (AvgIpc) is 3.14. The molecule has 6 nitrogen and oxygen atoms in total. The molecule has 2 amide bonds. The van der Waals surface area contributed by atoms with Crippen LogP contribution >= 0.6 is 11.8 Å². The minimum atomic E-state index is -4.46. The summed E-state index contributed by atoms with van der Waals surface area (Å²) >= 11 is 1.20. The van der Waals surface area contributed by atoms with Gasteiger partial charge >= 0.3 is 6.18 Å². The fourth-order valence-electron chi connectivity index (χ4n) is 3.94. The number of halogens is 3. The third-order valence-electron chi connectivity index (χ3n) is 5.80. The number of likely N-dealkylation sites (tertiary alicyclic amines) is 1. The van der Waals surface area contributed by atoms with Crippen LogP contribution in [0.5, 0.6) is 0 Å². The average molecular weight is 477 g/mol. The number of rotatable bonds is 6. The first kappa shape index (κ1) is 23.2. The molecule has 2 heterocycles. The van der Waals surface area contributed by atoms with Gasteiger partial charge in [0.2, 0.25) is 11.8 Å². The minimum Gasteiger partial charge on any atom is -0.369 e. The molecule has 1 fully saturated rings. The summed E-state index contributed by atoms with van der Waals surface area (Å²) in [5.74, 6) is -0.549. The molecule has 1 aliphatic heterocycles. The zero-order valence-electron chi connectivity index (χ0n) is 17.7. The number of nitrogens with two attached hydrogens (primary N) is 1. The highest BCUT2D eigenvalue weighted by atomic mass is 32.2. The number of hydrogen-bond acceptors (Lipinski definition) is 4. The van der Waals surface area contributed by atoms with Gasteiger partial charge in [0, 0.05) is 19.0 Å². The lowest BCUT2D eigenvalue weighted by Gasteiger charge is -2.30. The van der Waals surface area contributed by atoms with Crippen molar-refractivity contribution in [2.75, 3.05) is 18.8 Å². The molecule has 0 saturated carbocycles. The largest absolute Gasteiger partial charge is 0.416 e. The summed E-state index contributed by atoms with van der Waals surface area (Å²) < 4.78 is 41.4. The van der Waals surface area contributed by atoms with Crippen LogP contribution in [0.3, 0.4) is 0 Å². The number of benzene rings is 2. The fourth-order valence-corrected chi connectivity index (χ4v) is 4.86. The van der Waals surface area contributed by atoms with Crippen molar-refractivity contribution < 1.29 is 22.8 Å². The molecule has 1 aliphatic rings. The molecule has 0 bridgehead atoms. The normalized spacial score (nSPS) is 15.2. The Kier molecular flexibility index (Phi) is 6.64. The molecule has 0 atom stereocenters. The van der Waals surface area contributed by atoms with E-state index in [2.05, 4.69) is 4.98 Å². The molecule has 0 unspecified atom stereocenters. The summed E-state index contributed by atoms with van der Waals surface area (Å²) in [4.78, 5) is 30.2. The SMILES string of the molecule is NC(=O)C1CCN(C(=O)CSc2nc3cc(C(F)(F)F)ccc3n2Cc2ccccc2)CC1. The van der Waals surface area contributed by atoms with Crippen molar-refractivity contribution in [1.29, 1.82) is 0 Å². The van der Waals surface area contributed by atoms with E-state index in [4.69, 9.17) is 5.73 Å². The number of aromatic nitrogens is 2. The second kappa shape index (κ2) is 9.46. The first-order valence-electron chi connectivity index (χ1n) is 10.5. The number of nitrogens with zero attached hydrogens (tertiary/aromatic N) is 3. The number of carbonyl (C=O) groups excluding carboxylic acids is 2. The highest BCUT2D eigenvalue weighted by Gasteiger charge is 2.31. The van der Waals surface area contributed by atoms with E-state index in [-0.39, 0.29) is 29.0 Å². The quantitative estimate of drug-likeness (QED) is 0.547. The van der Waals surface area contributed by atoms with E-state index in [0.29, 0.717) is 43.1 Å². The summed E-state index contributed by atoms with van der Waals surface area (Å²) in [5, 5.41) is 0.480. The van der Waals surface area contributed by atoms with Crippen LogP contribution in [-0.2, 0) is 22.3 Å². The van der Waals surface area contributed by atoms with Gasteiger partial charge in [0.25, 0.3) is 0 Å². The van der Waals surface area contributed by atoms with Crippen LogP contribution < -0.4 is 5.73 Å². The first-order valence-corrected chi connectivity index (χ1v) is 11.5. The lowest BCUT2D eigenvalue weighted by Crippen LogP contribution is -2.42. The predicted molar refractivity (Wildman–Crippen MR) is 120 cm³/mol. The Balaban J connectivity index is 1.55. The Morgan fingerprint density at radius 3 is 2.42 bits per heavy atom. The van der Waals surface area contributed by atoms with E-state index in [0.717, 1.165) is 17.7 Å². The van der Waals surface area contributed by atoms with Crippen LogP contribution in [0.2, 0.25) is 0 Å². The summed E-state index contributed by atoms with van der Waals surface area (Å²) in [7, 11) is 0. The predicted octanol–water partition coefficient (Wildman–Crippen LogP) is 3.92. The van der Waals surface area contributed by atoms with Crippen LogP contribution in [-0.4, -0.2) is 45.1 Å². The van der Waals surface area contributed by atoms with E-state index < -0.39 is 11.7 Å². The van der Waals surface area contributed by atoms with Crippen molar-refractivity contribution in [1.82, 2.24) is 14.5 Å². The number of amides is 2. The lowest BCUT2D eigenvalue weighted by molar-refractivity contribution is -0.137. The lowest BCUT2D eigenvalue weighted by atomic mass is 9.96. The third-order valence-corrected chi connectivity index (χ3v) is 6.76. The Morgan fingerprint density at radius 1 is 1.09 bits per heavy atom. The van der Waals surface area contributed by atoms with Gasteiger partial charge in [0.15, 0.2) is 5.16 Å².